The fraction of sp³-hybridized carbons (Fsp3) is 0.160. The monoisotopic (exact) mass is 535 g/mol. The molecule has 194 valence electrons. The van der Waals surface area contributed by atoms with Crippen molar-refractivity contribution in [2.24, 2.45) is 0 Å². The molecule has 0 aliphatic heterocycles. The number of carboxylic acid groups (broad SMARTS) is 1. The molecule has 0 bridgehead atoms. The largest absolute Gasteiger partial charge is 0.507 e. The lowest BCUT2D eigenvalue weighted by atomic mass is 9.96. The van der Waals surface area contributed by atoms with E-state index in [1.807, 2.05) is 12.1 Å². The lowest BCUT2D eigenvalue weighted by Crippen LogP contribution is -2.15. The molecule has 0 atom stereocenters. The minimum absolute atomic E-state index is 0.000574. The van der Waals surface area contributed by atoms with Gasteiger partial charge >= 0.3 is 5.97 Å². The molecule has 0 radical (unpaired) electrons. The molecule has 0 aliphatic carbocycles. The summed E-state index contributed by atoms with van der Waals surface area (Å²) in [5.74, 6) is -1.85. The van der Waals surface area contributed by atoms with Crippen LogP contribution in [0.3, 0.4) is 0 Å². The standard InChI is InChI=1S/C25H21N5O7S/c1-35-18-6-12(7-19(36-2)22(18)37-3)21-15(9-26)23(28)30-24(16(21)10-27)38-11-20(32)29-13-4-5-17(31)14(8-13)25(33)34/h4-8,31H,11H2,1-3H3,(H2,28,30)(H,29,32)(H,33,34). The van der Waals surface area contributed by atoms with Gasteiger partial charge in [-0.1, -0.05) is 11.8 Å². The number of carbonyl (C=O) groups is 2. The molecule has 3 rings (SSSR count). The second-order valence-electron chi connectivity index (χ2n) is 7.44. The maximum Gasteiger partial charge on any atom is 0.339 e. The van der Waals surface area contributed by atoms with E-state index < -0.39 is 17.6 Å². The summed E-state index contributed by atoms with van der Waals surface area (Å²) >= 11 is 0.894. The van der Waals surface area contributed by atoms with E-state index in [2.05, 4.69) is 10.3 Å². The Balaban J connectivity index is 2.00. The Bertz CT molecular complexity index is 1490. The highest BCUT2D eigenvalue weighted by molar-refractivity contribution is 8.00. The average Bonchev–Trinajstić information content (AvgIpc) is 2.91. The number of aromatic hydroxyl groups is 1. The summed E-state index contributed by atoms with van der Waals surface area (Å²) in [6.07, 6.45) is 0. The number of methoxy groups -OCH3 is 3. The van der Waals surface area contributed by atoms with Gasteiger partial charge in [-0.2, -0.15) is 10.5 Å². The zero-order valence-electron chi connectivity index (χ0n) is 20.4. The first-order valence-electron chi connectivity index (χ1n) is 10.6. The molecular formula is C25H21N5O7S. The van der Waals surface area contributed by atoms with Crippen molar-refractivity contribution in [2.75, 3.05) is 38.1 Å². The summed E-state index contributed by atoms with van der Waals surface area (Å²) in [5, 5.41) is 41.2. The minimum Gasteiger partial charge on any atom is -0.507 e. The number of phenols is 1. The van der Waals surface area contributed by atoms with Crippen LogP contribution in [0.15, 0.2) is 35.4 Å². The van der Waals surface area contributed by atoms with E-state index in [1.54, 1.807) is 12.1 Å². The fourth-order valence-electron chi connectivity index (χ4n) is 3.53. The van der Waals surface area contributed by atoms with Crippen LogP contribution >= 0.6 is 11.8 Å². The number of thioether (sulfide) groups is 1. The molecule has 0 saturated carbocycles. The van der Waals surface area contributed by atoms with Crippen molar-refractivity contribution in [3.05, 3.63) is 47.0 Å². The van der Waals surface area contributed by atoms with E-state index in [-0.39, 0.29) is 56.0 Å². The van der Waals surface area contributed by atoms with Gasteiger partial charge in [0.05, 0.1) is 32.6 Å². The Morgan fingerprint density at radius 1 is 1.05 bits per heavy atom. The molecule has 0 saturated heterocycles. The second-order valence-corrected chi connectivity index (χ2v) is 8.40. The van der Waals surface area contributed by atoms with Crippen molar-refractivity contribution in [1.29, 1.82) is 10.5 Å². The number of nitriles is 2. The number of anilines is 2. The molecule has 0 spiro atoms. The number of carboxylic acids is 1. The quantitative estimate of drug-likeness (QED) is 0.230. The molecule has 1 heterocycles. The Morgan fingerprint density at radius 2 is 1.68 bits per heavy atom. The summed E-state index contributed by atoms with van der Waals surface area (Å²) in [4.78, 5) is 28.0. The molecule has 12 nitrogen and oxygen atoms in total. The molecular weight excluding hydrogens is 514 g/mol. The van der Waals surface area contributed by atoms with Crippen molar-refractivity contribution in [1.82, 2.24) is 4.98 Å². The van der Waals surface area contributed by atoms with Crippen molar-refractivity contribution in [2.45, 2.75) is 5.03 Å². The first kappa shape index (κ1) is 27.4. The van der Waals surface area contributed by atoms with Crippen LogP contribution in [-0.2, 0) is 4.79 Å². The van der Waals surface area contributed by atoms with Crippen molar-refractivity contribution in [3.8, 4) is 46.3 Å². The zero-order chi connectivity index (χ0) is 28.0. The van der Waals surface area contributed by atoms with Crippen LogP contribution in [0, 0.1) is 22.7 Å². The number of aromatic carboxylic acids is 1. The highest BCUT2D eigenvalue weighted by Crippen LogP contribution is 2.44. The third kappa shape index (κ3) is 5.48. The predicted octanol–water partition coefficient (Wildman–Crippen LogP) is 3.23. The first-order valence-corrected chi connectivity index (χ1v) is 11.6. The number of hydrogen-bond donors (Lipinski definition) is 4. The van der Waals surface area contributed by atoms with Crippen LogP contribution in [0.25, 0.3) is 11.1 Å². The number of carbonyl (C=O) groups excluding carboxylic acids is 1. The van der Waals surface area contributed by atoms with Crippen molar-refractivity contribution in [3.63, 3.8) is 0 Å². The minimum atomic E-state index is -1.36. The number of hydrogen-bond acceptors (Lipinski definition) is 11. The average molecular weight is 536 g/mol. The number of amides is 1. The molecule has 0 unspecified atom stereocenters. The van der Waals surface area contributed by atoms with Crippen LogP contribution in [0.5, 0.6) is 23.0 Å². The molecule has 0 fully saturated rings. The highest BCUT2D eigenvalue weighted by Gasteiger charge is 2.24. The van der Waals surface area contributed by atoms with E-state index >= 15 is 0 Å². The molecule has 0 aliphatic rings. The van der Waals surface area contributed by atoms with Crippen LogP contribution in [0.4, 0.5) is 11.5 Å². The molecule has 1 amide bonds. The van der Waals surface area contributed by atoms with Crippen LogP contribution in [0.2, 0.25) is 0 Å². The molecule has 13 heteroatoms. The lowest BCUT2D eigenvalue weighted by Gasteiger charge is -2.17. The zero-order valence-corrected chi connectivity index (χ0v) is 21.2. The number of ether oxygens (including phenoxy) is 3. The number of nitrogen functional groups attached to an aromatic ring is 1. The maximum absolute atomic E-state index is 12.6. The van der Waals surface area contributed by atoms with Gasteiger partial charge in [-0.15, -0.1) is 0 Å². The number of pyridine rings is 1. The number of benzene rings is 2. The Hall–Kier alpha value is -5.14. The third-order valence-electron chi connectivity index (χ3n) is 5.22. The van der Waals surface area contributed by atoms with Gasteiger partial charge in [-0.3, -0.25) is 4.79 Å². The number of nitrogens with two attached hydrogens (primary N) is 1. The second kappa shape index (κ2) is 11.7. The molecule has 1 aromatic heterocycles. The van der Waals surface area contributed by atoms with Gasteiger partial charge in [0, 0.05) is 11.3 Å². The van der Waals surface area contributed by atoms with Gasteiger partial charge in [-0.05, 0) is 35.9 Å². The number of nitrogens with zero attached hydrogens (tertiary/aromatic N) is 3. The highest BCUT2D eigenvalue weighted by atomic mass is 32.2. The molecule has 2 aromatic carbocycles. The summed E-state index contributed by atoms with van der Waals surface area (Å²) < 4.78 is 16.1. The van der Waals surface area contributed by atoms with Crippen molar-refractivity contribution >= 4 is 35.1 Å². The third-order valence-corrected chi connectivity index (χ3v) is 6.20. The van der Waals surface area contributed by atoms with Gasteiger partial charge in [0.15, 0.2) is 11.5 Å². The number of aromatic nitrogens is 1. The van der Waals surface area contributed by atoms with Gasteiger partial charge < -0.3 is 35.5 Å². The van der Waals surface area contributed by atoms with E-state index in [4.69, 9.17) is 25.1 Å². The van der Waals surface area contributed by atoms with E-state index in [0.717, 1.165) is 23.9 Å². The van der Waals surface area contributed by atoms with E-state index in [9.17, 15) is 25.2 Å². The number of rotatable bonds is 9. The summed E-state index contributed by atoms with van der Waals surface area (Å²) in [6, 6.07) is 10.7. The molecule has 38 heavy (non-hydrogen) atoms. The van der Waals surface area contributed by atoms with Gasteiger partial charge in [0.25, 0.3) is 0 Å². The fourth-order valence-corrected chi connectivity index (χ4v) is 4.33. The van der Waals surface area contributed by atoms with Crippen LogP contribution < -0.4 is 25.3 Å². The topological polar surface area (TPSA) is 201 Å². The Labute approximate surface area is 221 Å². The molecule has 3 aromatic rings. The predicted molar refractivity (Wildman–Crippen MR) is 138 cm³/mol. The summed E-state index contributed by atoms with van der Waals surface area (Å²) in [7, 11) is 4.28. The smallest absolute Gasteiger partial charge is 0.339 e. The lowest BCUT2D eigenvalue weighted by molar-refractivity contribution is -0.113. The molecule has 5 N–H and O–H groups in total. The SMILES string of the molecule is COc1cc(-c2c(C#N)c(N)nc(SCC(=O)Nc3ccc(O)c(C(=O)O)c3)c2C#N)cc(OC)c1OC. The number of nitrogens with one attached hydrogen (secondary N) is 1. The summed E-state index contributed by atoms with van der Waals surface area (Å²) in [5.41, 5.74) is 6.33. The summed E-state index contributed by atoms with van der Waals surface area (Å²) in [6.45, 7) is 0. The first-order chi connectivity index (χ1) is 18.2. The van der Waals surface area contributed by atoms with Gasteiger partial charge in [0.2, 0.25) is 11.7 Å². The van der Waals surface area contributed by atoms with Crippen LogP contribution in [-0.4, -0.2) is 54.2 Å². The van der Waals surface area contributed by atoms with Gasteiger partial charge in [-0.25, -0.2) is 9.78 Å². The van der Waals surface area contributed by atoms with E-state index in [1.165, 1.54) is 27.4 Å². The maximum atomic E-state index is 12.6. The Kier molecular flexibility index (Phi) is 8.47. The van der Waals surface area contributed by atoms with Gasteiger partial charge in [0.1, 0.15) is 39.9 Å². The normalized spacial score (nSPS) is 10.1. The van der Waals surface area contributed by atoms with E-state index in [0.29, 0.717) is 11.3 Å². The van der Waals surface area contributed by atoms with Crippen LogP contribution in [0.1, 0.15) is 21.5 Å². The van der Waals surface area contributed by atoms with Crippen molar-refractivity contribution < 1.29 is 34.0 Å². The Morgan fingerprint density at radius 3 is 2.21 bits per heavy atom.